The van der Waals surface area contributed by atoms with E-state index in [2.05, 4.69) is 19.1 Å². The fourth-order valence-electron chi connectivity index (χ4n) is 3.10. The molecule has 2 aliphatic rings. The zero-order valence-corrected chi connectivity index (χ0v) is 15.0. The molecule has 0 unspecified atom stereocenters. The van der Waals surface area contributed by atoms with E-state index in [1.807, 2.05) is 0 Å². The highest BCUT2D eigenvalue weighted by molar-refractivity contribution is 5.19. The summed E-state index contributed by atoms with van der Waals surface area (Å²) in [5.74, 6) is -1.19. The third-order valence-electron chi connectivity index (χ3n) is 4.63. The summed E-state index contributed by atoms with van der Waals surface area (Å²) in [4.78, 5) is 0. The molecular formula is C20H26F2O4. The molecule has 0 atom stereocenters. The molecule has 2 fully saturated rings. The van der Waals surface area contributed by atoms with Crippen LogP contribution in [0, 0.1) is 23.5 Å². The van der Waals surface area contributed by atoms with Crippen molar-refractivity contribution in [2.75, 3.05) is 26.4 Å². The van der Waals surface area contributed by atoms with E-state index >= 15 is 0 Å². The van der Waals surface area contributed by atoms with Gasteiger partial charge in [0.2, 0.25) is 0 Å². The summed E-state index contributed by atoms with van der Waals surface area (Å²) in [7, 11) is 0. The van der Waals surface area contributed by atoms with Gasteiger partial charge in [0.05, 0.1) is 26.4 Å². The first kappa shape index (κ1) is 19.4. The molecule has 1 aromatic rings. The zero-order valence-electron chi connectivity index (χ0n) is 15.0. The molecule has 0 amide bonds. The second-order valence-corrected chi connectivity index (χ2v) is 6.81. The van der Waals surface area contributed by atoms with Crippen molar-refractivity contribution in [2.24, 2.45) is 11.8 Å². The zero-order chi connectivity index (χ0) is 18.4. The predicted molar refractivity (Wildman–Crippen MR) is 92.3 cm³/mol. The minimum absolute atomic E-state index is 0.176. The molecule has 0 saturated carbocycles. The lowest BCUT2D eigenvalue weighted by Crippen LogP contribution is -2.33. The Morgan fingerprint density at radius 2 is 1.69 bits per heavy atom. The first-order chi connectivity index (χ1) is 12.7. The quantitative estimate of drug-likeness (QED) is 0.699. The van der Waals surface area contributed by atoms with Gasteiger partial charge >= 0.3 is 0 Å². The van der Waals surface area contributed by atoms with Gasteiger partial charge in [-0.1, -0.05) is 25.1 Å². The van der Waals surface area contributed by atoms with Gasteiger partial charge < -0.3 is 18.9 Å². The van der Waals surface area contributed by atoms with Crippen molar-refractivity contribution in [2.45, 2.75) is 38.8 Å². The van der Waals surface area contributed by atoms with E-state index in [4.69, 9.17) is 18.9 Å². The number of benzene rings is 1. The number of hydrogen-bond acceptors (Lipinski definition) is 4. The Bertz CT molecular complexity index is 591. The Hall–Kier alpha value is -1.34. The van der Waals surface area contributed by atoms with E-state index in [0.717, 1.165) is 31.4 Å². The number of ether oxygens (including phenoxy) is 4. The van der Waals surface area contributed by atoms with Crippen LogP contribution < -0.4 is 0 Å². The van der Waals surface area contributed by atoms with Crippen molar-refractivity contribution in [3.05, 3.63) is 47.5 Å². The van der Waals surface area contributed by atoms with E-state index < -0.39 is 17.9 Å². The molecule has 6 heteroatoms. The lowest BCUT2D eigenvalue weighted by atomic mass is 10.0. The number of rotatable bonds is 6. The summed E-state index contributed by atoms with van der Waals surface area (Å²) in [6.07, 6.45) is 6.14. The SMILES string of the molecule is CC/C=C/[C@H]1CO[C@H](CCC2COC(c3ccc(F)c(F)c3)OC2)OC1. The van der Waals surface area contributed by atoms with Gasteiger partial charge in [-0.2, -0.15) is 0 Å². The van der Waals surface area contributed by atoms with Crippen LogP contribution in [0.4, 0.5) is 8.78 Å². The highest BCUT2D eigenvalue weighted by Gasteiger charge is 2.26. The molecule has 0 bridgehead atoms. The van der Waals surface area contributed by atoms with Crippen LogP contribution in [0.15, 0.2) is 30.4 Å². The van der Waals surface area contributed by atoms with Crippen LogP contribution in [-0.4, -0.2) is 32.7 Å². The van der Waals surface area contributed by atoms with E-state index in [1.54, 1.807) is 0 Å². The largest absolute Gasteiger partial charge is 0.352 e. The lowest BCUT2D eigenvalue weighted by molar-refractivity contribution is -0.217. The van der Waals surface area contributed by atoms with E-state index in [0.29, 0.717) is 37.9 Å². The Morgan fingerprint density at radius 3 is 2.35 bits per heavy atom. The summed E-state index contributed by atoms with van der Waals surface area (Å²) in [6.45, 7) is 4.51. The third-order valence-corrected chi connectivity index (χ3v) is 4.63. The average Bonchev–Trinajstić information content (AvgIpc) is 2.68. The van der Waals surface area contributed by atoms with Crippen LogP contribution in [0.2, 0.25) is 0 Å². The smallest absolute Gasteiger partial charge is 0.183 e. The van der Waals surface area contributed by atoms with Gasteiger partial charge in [0, 0.05) is 17.4 Å². The second kappa shape index (κ2) is 9.55. The number of allylic oxidation sites excluding steroid dienone is 1. The van der Waals surface area contributed by atoms with Gasteiger partial charge in [0.25, 0.3) is 0 Å². The number of hydrogen-bond donors (Lipinski definition) is 0. The first-order valence-corrected chi connectivity index (χ1v) is 9.23. The Morgan fingerprint density at radius 1 is 0.962 bits per heavy atom. The molecule has 2 heterocycles. The van der Waals surface area contributed by atoms with Gasteiger partial charge in [-0.25, -0.2) is 8.78 Å². The molecule has 0 radical (unpaired) electrons. The van der Waals surface area contributed by atoms with Crippen LogP contribution >= 0.6 is 0 Å². The summed E-state index contributed by atoms with van der Waals surface area (Å²) < 4.78 is 49.2. The van der Waals surface area contributed by atoms with Crippen molar-refractivity contribution in [1.29, 1.82) is 0 Å². The van der Waals surface area contributed by atoms with E-state index in [-0.39, 0.29) is 12.2 Å². The summed E-state index contributed by atoms with van der Waals surface area (Å²) in [5, 5.41) is 0. The van der Waals surface area contributed by atoms with Gasteiger partial charge in [-0.05, 0) is 31.4 Å². The second-order valence-electron chi connectivity index (χ2n) is 6.81. The summed E-state index contributed by atoms with van der Waals surface area (Å²) >= 11 is 0. The van der Waals surface area contributed by atoms with Crippen molar-refractivity contribution in [1.82, 2.24) is 0 Å². The Kier molecular flexibility index (Phi) is 7.14. The maximum Gasteiger partial charge on any atom is 0.183 e. The molecule has 4 nitrogen and oxygen atoms in total. The van der Waals surface area contributed by atoms with Crippen LogP contribution in [-0.2, 0) is 18.9 Å². The van der Waals surface area contributed by atoms with E-state index in [9.17, 15) is 8.78 Å². The normalized spacial score (nSPS) is 30.0. The maximum atomic E-state index is 13.3. The predicted octanol–water partition coefficient (Wildman–Crippen LogP) is 4.36. The van der Waals surface area contributed by atoms with Crippen molar-refractivity contribution in [3.8, 4) is 0 Å². The van der Waals surface area contributed by atoms with Gasteiger partial charge in [-0.15, -0.1) is 0 Å². The van der Waals surface area contributed by atoms with E-state index in [1.165, 1.54) is 6.07 Å². The number of halogens is 2. The molecule has 3 rings (SSSR count). The fraction of sp³-hybridized carbons (Fsp3) is 0.600. The minimum atomic E-state index is -0.893. The van der Waals surface area contributed by atoms with Gasteiger partial charge in [0.15, 0.2) is 24.2 Å². The molecule has 0 spiro atoms. The van der Waals surface area contributed by atoms with Crippen LogP contribution in [0.25, 0.3) is 0 Å². The third kappa shape index (κ3) is 5.33. The van der Waals surface area contributed by atoms with Gasteiger partial charge in [-0.3, -0.25) is 0 Å². The molecule has 2 aliphatic heterocycles. The molecule has 2 saturated heterocycles. The van der Waals surface area contributed by atoms with Crippen molar-refractivity contribution in [3.63, 3.8) is 0 Å². The van der Waals surface area contributed by atoms with Crippen molar-refractivity contribution >= 4 is 0 Å². The van der Waals surface area contributed by atoms with Crippen LogP contribution in [0.3, 0.4) is 0 Å². The average molecular weight is 368 g/mol. The molecule has 144 valence electrons. The molecule has 0 aliphatic carbocycles. The maximum absolute atomic E-state index is 13.3. The highest BCUT2D eigenvalue weighted by Crippen LogP contribution is 2.28. The Balaban J connectivity index is 1.37. The summed E-state index contributed by atoms with van der Waals surface area (Å²) in [5.41, 5.74) is 0.493. The van der Waals surface area contributed by atoms with Crippen molar-refractivity contribution < 1.29 is 27.7 Å². The Labute approximate surface area is 153 Å². The van der Waals surface area contributed by atoms with Crippen LogP contribution in [0.5, 0.6) is 0 Å². The molecule has 0 aromatic heterocycles. The standard InChI is InChI=1S/C20H26F2O4/c1-2-3-4-14-10-23-19(24-11-14)8-5-15-12-25-20(26-13-15)16-6-7-17(21)18(22)9-16/h3-4,6-7,9,14-15,19-20H,2,5,8,10-13H2,1H3/b4-3+/t14-,15?,19-,20?. The fourth-order valence-corrected chi connectivity index (χ4v) is 3.10. The minimum Gasteiger partial charge on any atom is -0.352 e. The first-order valence-electron chi connectivity index (χ1n) is 9.23. The van der Waals surface area contributed by atoms with Crippen LogP contribution in [0.1, 0.15) is 38.0 Å². The molecular weight excluding hydrogens is 342 g/mol. The van der Waals surface area contributed by atoms with Gasteiger partial charge in [0.1, 0.15) is 0 Å². The summed E-state index contributed by atoms with van der Waals surface area (Å²) in [6, 6.07) is 3.69. The molecule has 1 aromatic carbocycles. The lowest BCUT2D eigenvalue weighted by Gasteiger charge is -2.32. The highest BCUT2D eigenvalue weighted by atomic mass is 19.2. The molecule has 0 N–H and O–H groups in total. The molecule has 26 heavy (non-hydrogen) atoms. The monoisotopic (exact) mass is 368 g/mol. The topological polar surface area (TPSA) is 36.9 Å².